The fraction of sp³-hybridized carbons (Fsp3) is 0.286. The quantitative estimate of drug-likeness (QED) is 0.712. The molecule has 1 aliphatic carbocycles. The topological polar surface area (TPSA) is 95.5 Å². The van der Waals surface area contributed by atoms with Crippen molar-refractivity contribution in [3.8, 4) is 0 Å². The molecule has 1 saturated carbocycles. The van der Waals surface area contributed by atoms with E-state index in [-0.39, 0.29) is 23.0 Å². The van der Waals surface area contributed by atoms with Gasteiger partial charge in [0.1, 0.15) is 5.82 Å². The molecule has 7 heteroatoms. The van der Waals surface area contributed by atoms with Gasteiger partial charge >= 0.3 is 5.97 Å². The SMILES string of the molecule is Cc1cc(C(NC(=O)c2ccc(NC(=O)C3CC3C)cc2)C(=O)O)ccc1F. The molecule has 0 radical (unpaired) electrons. The second kappa shape index (κ2) is 7.80. The van der Waals surface area contributed by atoms with Crippen LogP contribution in [0.5, 0.6) is 0 Å². The Morgan fingerprint density at radius 1 is 1.14 bits per heavy atom. The van der Waals surface area contributed by atoms with Gasteiger partial charge in [-0.05, 0) is 60.7 Å². The third kappa shape index (κ3) is 4.36. The number of nitrogens with one attached hydrogen (secondary N) is 2. The van der Waals surface area contributed by atoms with E-state index in [9.17, 15) is 23.9 Å². The van der Waals surface area contributed by atoms with Gasteiger partial charge in [-0.2, -0.15) is 0 Å². The zero-order chi connectivity index (χ0) is 20.4. The fourth-order valence-corrected chi connectivity index (χ4v) is 2.98. The van der Waals surface area contributed by atoms with Crippen molar-refractivity contribution in [2.45, 2.75) is 26.3 Å². The lowest BCUT2D eigenvalue weighted by Crippen LogP contribution is -2.33. The number of anilines is 1. The number of hydrogen-bond acceptors (Lipinski definition) is 3. The number of aliphatic carboxylic acids is 1. The number of halogens is 1. The maximum Gasteiger partial charge on any atom is 0.330 e. The Hall–Kier alpha value is -3.22. The van der Waals surface area contributed by atoms with E-state index in [1.807, 2.05) is 6.92 Å². The number of carbonyl (C=O) groups excluding carboxylic acids is 2. The first kappa shape index (κ1) is 19.5. The molecule has 0 spiro atoms. The average molecular weight is 384 g/mol. The van der Waals surface area contributed by atoms with Crippen molar-refractivity contribution < 1.29 is 23.9 Å². The van der Waals surface area contributed by atoms with Gasteiger partial charge < -0.3 is 15.7 Å². The molecule has 3 rings (SSSR count). The van der Waals surface area contributed by atoms with E-state index in [1.165, 1.54) is 37.3 Å². The number of rotatable bonds is 6. The molecule has 0 aliphatic heterocycles. The molecular weight excluding hydrogens is 363 g/mol. The van der Waals surface area contributed by atoms with Crippen LogP contribution < -0.4 is 10.6 Å². The van der Waals surface area contributed by atoms with Gasteiger partial charge in [-0.3, -0.25) is 9.59 Å². The lowest BCUT2D eigenvalue weighted by Gasteiger charge is -2.16. The summed E-state index contributed by atoms with van der Waals surface area (Å²) in [5, 5.41) is 14.7. The highest BCUT2D eigenvalue weighted by Gasteiger charge is 2.39. The summed E-state index contributed by atoms with van der Waals surface area (Å²) in [7, 11) is 0. The van der Waals surface area contributed by atoms with Crippen molar-refractivity contribution in [1.29, 1.82) is 0 Å². The summed E-state index contributed by atoms with van der Waals surface area (Å²) in [6, 6.07) is 8.81. The second-order valence-corrected chi connectivity index (χ2v) is 7.14. The van der Waals surface area contributed by atoms with Crippen LogP contribution in [0.2, 0.25) is 0 Å². The van der Waals surface area contributed by atoms with Gasteiger partial charge in [-0.1, -0.05) is 19.1 Å². The molecule has 3 atom stereocenters. The zero-order valence-corrected chi connectivity index (χ0v) is 15.5. The van der Waals surface area contributed by atoms with Gasteiger partial charge in [0.15, 0.2) is 6.04 Å². The molecule has 2 aromatic carbocycles. The number of carbonyl (C=O) groups is 3. The summed E-state index contributed by atoms with van der Waals surface area (Å²) in [6.07, 6.45) is 0.881. The molecule has 0 saturated heterocycles. The van der Waals surface area contributed by atoms with E-state index >= 15 is 0 Å². The Balaban J connectivity index is 1.68. The van der Waals surface area contributed by atoms with Crippen molar-refractivity contribution >= 4 is 23.5 Å². The molecule has 2 aromatic rings. The monoisotopic (exact) mass is 384 g/mol. The van der Waals surface area contributed by atoms with E-state index in [0.717, 1.165) is 6.42 Å². The van der Waals surface area contributed by atoms with E-state index in [4.69, 9.17) is 0 Å². The first-order valence-corrected chi connectivity index (χ1v) is 8.97. The lowest BCUT2D eigenvalue weighted by molar-refractivity contribution is -0.139. The molecule has 1 aliphatic rings. The summed E-state index contributed by atoms with van der Waals surface area (Å²) in [5.41, 5.74) is 1.40. The Morgan fingerprint density at radius 3 is 2.32 bits per heavy atom. The van der Waals surface area contributed by atoms with Crippen molar-refractivity contribution in [2.24, 2.45) is 11.8 Å². The maximum atomic E-state index is 13.4. The Bertz CT molecular complexity index is 927. The van der Waals surface area contributed by atoms with Crippen LogP contribution in [0.1, 0.15) is 40.9 Å². The summed E-state index contributed by atoms with van der Waals surface area (Å²) < 4.78 is 13.4. The molecule has 2 amide bonds. The molecule has 0 aromatic heterocycles. The highest BCUT2D eigenvalue weighted by Crippen LogP contribution is 2.38. The Morgan fingerprint density at radius 2 is 1.79 bits per heavy atom. The highest BCUT2D eigenvalue weighted by atomic mass is 19.1. The third-order valence-corrected chi connectivity index (χ3v) is 4.90. The minimum absolute atomic E-state index is 0.0395. The molecule has 0 heterocycles. The zero-order valence-electron chi connectivity index (χ0n) is 15.5. The maximum absolute atomic E-state index is 13.4. The van der Waals surface area contributed by atoms with E-state index in [1.54, 1.807) is 12.1 Å². The Kier molecular flexibility index (Phi) is 5.44. The summed E-state index contributed by atoms with van der Waals surface area (Å²) in [4.78, 5) is 36.0. The molecule has 3 unspecified atom stereocenters. The molecule has 3 N–H and O–H groups in total. The van der Waals surface area contributed by atoms with Crippen LogP contribution in [0.3, 0.4) is 0 Å². The predicted molar refractivity (Wildman–Crippen MR) is 101 cm³/mol. The minimum Gasteiger partial charge on any atom is -0.479 e. The van der Waals surface area contributed by atoms with Crippen LogP contribution in [-0.2, 0) is 9.59 Å². The molecule has 1 fully saturated rings. The highest BCUT2D eigenvalue weighted by molar-refractivity contribution is 5.98. The van der Waals surface area contributed by atoms with Crippen LogP contribution in [-0.4, -0.2) is 22.9 Å². The van der Waals surface area contributed by atoms with Gasteiger partial charge in [0.25, 0.3) is 5.91 Å². The van der Waals surface area contributed by atoms with E-state index in [2.05, 4.69) is 10.6 Å². The molecular formula is C21H21FN2O4. The third-order valence-electron chi connectivity index (χ3n) is 4.90. The van der Waals surface area contributed by atoms with Crippen LogP contribution in [0, 0.1) is 24.6 Å². The van der Waals surface area contributed by atoms with Crippen molar-refractivity contribution in [1.82, 2.24) is 5.32 Å². The van der Waals surface area contributed by atoms with Crippen molar-refractivity contribution in [3.63, 3.8) is 0 Å². The minimum atomic E-state index is -1.30. The first-order valence-electron chi connectivity index (χ1n) is 8.97. The van der Waals surface area contributed by atoms with Gasteiger partial charge in [-0.25, -0.2) is 9.18 Å². The lowest BCUT2D eigenvalue weighted by atomic mass is 10.0. The molecule has 6 nitrogen and oxygen atoms in total. The summed E-state index contributed by atoms with van der Waals surface area (Å²) in [6.45, 7) is 3.54. The van der Waals surface area contributed by atoms with Crippen LogP contribution in [0.4, 0.5) is 10.1 Å². The number of hydrogen-bond donors (Lipinski definition) is 3. The largest absolute Gasteiger partial charge is 0.479 e. The average Bonchev–Trinajstić information content (AvgIpc) is 3.39. The summed E-state index contributed by atoms with van der Waals surface area (Å²) >= 11 is 0. The molecule has 28 heavy (non-hydrogen) atoms. The standard InChI is InChI=1S/C21H21FN2O4/c1-11-10-16(11)20(26)23-15-6-3-13(4-7-15)19(25)24-18(21(27)28)14-5-8-17(22)12(2)9-14/h3-9,11,16,18H,10H2,1-2H3,(H,23,26)(H,24,25)(H,27,28). The van der Waals surface area contributed by atoms with Crippen LogP contribution in [0.15, 0.2) is 42.5 Å². The molecule has 0 bridgehead atoms. The normalized spacial score (nSPS) is 18.8. The van der Waals surface area contributed by atoms with Crippen LogP contribution >= 0.6 is 0 Å². The van der Waals surface area contributed by atoms with E-state index < -0.39 is 23.7 Å². The van der Waals surface area contributed by atoms with Crippen molar-refractivity contribution in [3.05, 3.63) is 65.0 Å². The second-order valence-electron chi connectivity index (χ2n) is 7.14. The number of aryl methyl sites for hydroxylation is 1. The van der Waals surface area contributed by atoms with E-state index in [0.29, 0.717) is 17.2 Å². The number of amides is 2. The van der Waals surface area contributed by atoms with Crippen molar-refractivity contribution in [2.75, 3.05) is 5.32 Å². The van der Waals surface area contributed by atoms with Gasteiger partial charge in [0, 0.05) is 17.2 Å². The summed E-state index contributed by atoms with van der Waals surface area (Å²) in [5.74, 6) is -1.88. The fourth-order valence-electron chi connectivity index (χ4n) is 2.98. The number of benzene rings is 2. The van der Waals surface area contributed by atoms with Gasteiger partial charge in [0.2, 0.25) is 5.91 Å². The van der Waals surface area contributed by atoms with Gasteiger partial charge in [-0.15, -0.1) is 0 Å². The van der Waals surface area contributed by atoms with Crippen LogP contribution in [0.25, 0.3) is 0 Å². The number of carboxylic acid groups (broad SMARTS) is 1. The van der Waals surface area contributed by atoms with Gasteiger partial charge in [0.05, 0.1) is 0 Å². The number of carboxylic acids is 1. The predicted octanol–water partition coefficient (Wildman–Crippen LogP) is 3.28. The Labute approximate surface area is 161 Å². The smallest absolute Gasteiger partial charge is 0.330 e. The first-order chi connectivity index (χ1) is 13.3. The molecule has 146 valence electrons.